The number of rotatable bonds is 7. The van der Waals surface area contributed by atoms with E-state index in [0.29, 0.717) is 11.3 Å². The lowest BCUT2D eigenvalue weighted by Crippen LogP contribution is -2.92. The van der Waals surface area contributed by atoms with Crippen LogP contribution in [0.2, 0.25) is 0 Å². The predicted molar refractivity (Wildman–Crippen MR) is 104 cm³/mol. The molecule has 1 amide bonds. The molecule has 2 aromatic carbocycles. The molecular formula is C20H24BrN2O2+. The molecule has 0 aliphatic carbocycles. The molecule has 0 spiro atoms. The summed E-state index contributed by atoms with van der Waals surface area (Å²) in [4.78, 5) is 23.8. The number of nitrogens with two attached hydrogens (primary N) is 1. The highest BCUT2D eigenvalue weighted by Gasteiger charge is 2.22. The molecule has 132 valence electrons. The lowest BCUT2D eigenvalue weighted by Gasteiger charge is -2.19. The van der Waals surface area contributed by atoms with Crippen LogP contribution >= 0.6 is 15.9 Å². The quantitative estimate of drug-likeness (QED) is 0.692. The summed E-state index contributed by atoms with van der Waals surface area (Å²) in [5, 5.41) is 4.99. The van der Waals surface area contributed by atoms with Crippen molar-refractivity contribution in [2.75, 3.05) is 5.32 Å². The second kappa shape index (κ2) is 8.92. The van der Waals surface area contributed by atoms with Crippen molar-refractivity contribution >= 4 is 33.3 Å². The van der Waals surface area contributed by atoms with E-state index in [4.69, 9.17) is 0 Å². The van der Waals surface area contributed by atoms with Crippen molar-refractivity contribution in [2.24, 2.45) is 0 Å². The number of nitrogens with one attached hydrogen (secondary N) is 1. The largest absolute Gasteiger partial charge is 0.330 e. The highest BCUT2D eigenvalue weighted by Crippen LogP contribution is 2.17. The van der Waals surface area contributed by atoms with Gasteiger partial charge in [0.2, 0.25) is 0 Å². The zero-order valence-corrected chi connectivity index (χ0v) is 16.3. The molecule has 2 aromatic rings. The Morgan fingerprint density at radius 3 is 2.20 bits per heavy atom. The van der Waals surface area contributed by atoms with E-state index in [1.165, 1.54) is 12.5 Å². The minimum atomic E-state index is -0.221. The molecule has 3 N–H and O–H groups in total. The monoisotopic (exact) mass is 403 g/mol. The second-order valence-electron chi connectivity index (χ2n) is 6.17. The average Bonchev–Trinajstić information content (AvgIpc) is 2.60. The van der Waals surface area contributed by atoms with E-state index in [-0.39, 0.29) is 23.8 Å². The third-order valence-electron chi connectivity index (χ3n) is 4.23. The van der Waals surface area contributed by atoms with Gasteiger partial charge in [-0.25, -0.2) is 0 Å². The van der Waals surface area contributed by atoms with Crippen molar-refractivity contribution in [2.45, 2.75) is 39.3 Å². The number of amides is 1. The van der Waals surface area contributed by atoms with Gasteiger partial charge in [-0.1, -0.05) is 35.0 Å². The summed E-state index contributed by atoms with van der Waals surface area (Å²) in [6, 6.07) is 15.2. The Balaban J connectivity index is 1.98. The van der Waals surface area contributed by atoms with Gasteiger partial charge in [0, 0.05) is 27.7 Å². The van der Waals surface area contributed by atoms with Gasteiger partial charge in [0.1, 0.15) is 6.04 Å². The third-order valence-corrected chi connectivity index (χ3v) is 4.76. The van der Waals surface area contributed by atoms with Crippen LogP contribution in [0.1, 0.15) is 49.2 Å². The topological polar surface area (TPSA) is 62.8 Å². The molecule has 4 nitrogen and oxygen atoms in total. The van der Waals surface area contributed by atoms with Crippen LogP contribution in [0.3, 0.4) is 0 Å². The molecule has 0 saturated heterocycles. The Kier molecular flexibility index (Phi) is 6.91. The van der Waals surface area contributed by atoms with Gasteiger partial charge in [-0.3, -0.25) is 9.59 Å². The van der Waals surface area contributed by atoms with Crippen LogP contribution in [0.25, 0.3) is 0 Å². The van der Waals surface area contributed by atoms with E-state index in [0.717, 1.165) is 10.9 Å². The molecule has 0 aromatic heterocycles. The van der Waals surface area contributed by atoms with E-state index in [1.54, 1.807) is 24.3 Å². The van der Waals surface area contributed by atoms with Gasteiger partial charge in [-0.05, 0) is 50.2 Å². The molecular weight excluding hydrogens is 380 g/mol. The summed E-state index contributed by atoms with van der Waals surface area (Å²) in [5.74, 6) is -0.0361. The van der Waals surface area contributed by atoms with Crippen LogP contribution < -0.4 is 10.6 Å². The van der Waals surface area contributed by atoms with Gasteiger partial charge < -0.3 is 10.6 Å². The van der Waals surface area contributed by atoms with Crippen molar-refractivity contribution in [3.63, 3.8) is 0 Å². The number of hydrogen-bond donors (Lipinski definition) is 2. The number of carbonyl (C=O) groups is 2. The number of anilines is 1. The third kappa shape index (κ3) is 5.51. The van der Waals surface area contributed by atoms with Gasteiger partial charge in [-0.2, -0.15) is 0 Å². The molecule has 2 atom stereocenters. The molecule has 0 aliphatic heterocycles. The van der Waals surface area contributed by atoms with E-state index < -0.39 is 0 Å². The number of benzene rings is 2. The second-order valence-corrected chi connectivity index (χ2v) is 7.09. The number of Topliss-reactive ketones (excluding diaryl/α,β-unsaturated/α-hetero) is 1. The number of carbonyl (C=O) groups excluding carboxylic acids is 2. The first-order valence-corrected chi connectivity index (χ1v) is 9.22. The highest BCUT2D eigenvalue weighted by molar-refractivity contribution is 9.10. The molecule has 25 heavy (non-hydrogen) atoms. The number of quaternary nitrogens is 1. The zero-order chi connectivity index (χ0) is 18.4. The normalized spacial score (nSPS) is 13.1. The van der Waals surface area contributed by atoms with Gasteiger partial charge in [-0.15, -0.1) is 0 Å². The van der Waals surface area contributed by atoms with Gasteiger partial charge >= 0.3 is 0 Å². The van der Waals surface area contributed by atoms with Crippen LogP contribution in [-0.4, -0.2) is 17.7 Å². The Labute approximate surface area is 157 Å². The van der Waals surface area contributed by atoms with Crippen molar-refractivity contribution in [3.05, 3.63) is 64.1 Å². The summed E-state index contributed by atoms with van der Waals surface area (Å²) in [6.07, 6.45) is 0.937. The van der Waals surface area contributed by atoms with E-state index in [2.05, 4.69) is 45.6 Å². The first-order chi connectivity index (χ1) is 11.9. The minimum absolute atomic E-state index is 0.0138. The van der Waals surface area contributed by atoms with Gasteiger partial charge in [0.15, 0.2) is 11.8 Å². The Morgan fingerprint density at radius 1 is 1.08 bits per heavy atom. The summed E-state index contributed by atoms with van der Waals surface area (Å²) < 4.78 is 1.05. The maximum Gasteiger partial charge on any atom is 0.282 e. The summed E-state index contributed by atoms with van der Waals surface area (Å²) in [7, 11) is 0. The number of hydrogen-bond acceptors (Lipinski definition) is 2. The lowest BCUT2D eigenvalue weighted by molar-refractivity contribution is -0.713. The first kappa shape index (κ1) is 19.3. The van der Waals surface area contributed by atoms with Crippen molar-refractivity contribution in [1.82, 2.24) is 0 Å². The van der Waals surface area contributed by atoms with Gasteiger partial charge in [0.25, 0.3) is 5.91 Å². The van der Waals surface area contributed by atoms with E-state index in [9.17, 15) is 9.59 Å². The summed E-state index contributed by atoms with van der Waals surface area (Å²) >= 11 is 3.45. The molecule has 0 heterocycles. The minimum Gasteiger partial charge on any atom is -0.330 e. The summed E-state index contributed by atoms with van der Waals surface area (Å²) in [6.45, 7) is 5.55. The molecule has 0 radical (unpaired) electrons. The van der Waals surface area contributed by atoms with Crippen molar-refractivity contribution < 1.29 is 14.9 Å². The predicted octanol–water partition coefficient (Wildman–Crippen LogP) is 3.69. The maximum atomic E-state index is 12.5. The fraction of sp³-hybridized carbons (Fsp3) is 0.300. The van der Waals surface area contributed by atoms with Crippen LogP contribution in [-0.2, 0) is 4.79 Å². The number of halogens is 1. The molecule has 5 heteroatoms. The fourth-order valence-electron chi connectivity index (χ4n) is 2.67. The SMILES string of the molecule is CC[C@H]([NH2+][C@@H](C)C(=O)Nc1ccc(C(C)=O)cc1)c1ccc(Br)cc1. The number of ketones is 1. The fourth-order valence-corrected chi connectivity index (χ4v) is 2.94. The van der Waals surface area contributed by atoms with Crippen LogP contribution in [0, 0.1) is 0 Å². The Bertz CT molecular complexity index is 726. The first-order valence-electron chi connectivity index (χ1n) is 8.43. The average molecular weight is 404 g/mol. The maximum absolute atomic E-state index is 12.5. The standard InChI is InChI=1S/C20H23BrN2O2/c1-4-19(16-5-9-17(21)10-6-16)22-13(2)20(25)23-18-11-7-15(8-12-18)14(3)24/h5-13,19,22H,4H2,1-3H3,(H,23,25)/p+1/t13-,19-/m0/s1. The summed E-state index contributed by atoms with van der Waals surface area (Å²) in [5.41, 5.74) is 2.54. The molecule has 0 saturated carbocycles. The zero-order valence-electron chi connectivity index (χ0n) is 14.8. The molecule has 2 rings (SSSR count). The molecule has 0 unspecified atom stereocenters. The smallest absolute Gasteiger partial charge is 0.282 e. The van der Waals surface area contributed by atoms with E-state index >= 15 is 0 Å². The molecule has 0 fully saturated rings. The van der Waals surface area contributed by atoms with Crippen LogP contribution in [0.5, 0.6) is 0 Å². The molecule has 0 aliphatic rings. The Hall–Kier alpha value is -1.98. The van der Waals surface area contributed by atoms with Gasteiger partial charge in [0.05, 0.1) is 0 Å². The highest BCUT2D eigenvalue weighted by atomic mass is 79.9. The van der Waals surface area contributed by atoms with Crippen LogP contribution in [0.4, 0.5) is 5.69 Å². The van der Waals surface area contributed by atoms with Crippen LogP contribution in [0.15, 0.2) is 53.0 Å². The van der Waals surface area contributed by atoms with Crippen molar-refractivity contribution in [3.8, 4) is 0 Å². The van der Waals surface area contributed by atoms with Crippen molar-refractivity contribution in [1.29, 1.82) is 0 Å². The Morgan fingerprint density at radius 2 is 1.68 bits per heavy atom. The van der Waals surface area contributed by atoms with E-state index in [1.807, 2.05) is 19.1 Å². The lowest BCUT2D eigenvalue weighted by atomic mass is 10.0. The molecule has 0 bridgehead atoms.